The summed E-state index contributed by atoms with van der Waals surface area (Å²) in [6.45, 7) is 1.38. The number of ether oxygens (including phenoxy) is 2. The Labute approximate surface area is 195 Å². The first-order valence-electron chi connectivity index (χ1n) is 10.6. The number of carbonyl (C=O) groups excluding carboxylic acids is 1. The number of rotatable bonds is 5. The predicted molar refractivity (Wildman–Crippen MR) is 125 cm³/mol. The van der Waals surface area contributed by atoms with E-state index in [0.29, 0.717) is 48.2 Å². The quantitative estimate of drug-likeness (QED) is 0.453. The first kappa shape index (κ1) is 21.2. The number of benzene rings is 3. The Balaban J connectivity index is 1.40. The lowest BCUT2D eigenvalue weighted by molar-refractivity contribution is 0.0782. The van der Waals surface area contributed by atoms with E-state index in [9.17, 15) is 9.90 Å². The molecule has 8 heteroatoms. The van der Waals surface area contributed by atoms with E-state index in [0.717, 1.165) is 22.2 Å². The normalized spacial score (nSPS) is 12.7. The molecule has 1 aromatic heterocycles. The molecule has 4 aromatic rings. The molecule has 1 aliphatic heterocycles. The Morgan fingerprint density at radius 1 is 1.09 bits per heavy atom. The molecule has 0 spiro atoms. The Morgan fingerprint density at radius 3 is 2.73 bits per heavy atom. The molecule has 168 valence electrons. The van der Waals surface area contributed by atoms with Gasteiger partial charge in [-0.05, 0) is 41.5 Å². The van der Waals surface area contributed by atoms with Crippen molar-refractivity contribution < 1.29 is 19.4 Å². The van der Waals surface area contributed by atoms with Gasteiger partial charge in [-0.25, -0.2) is 0 Å². The van der Waals surface area contributed by atoms with Crippen molar-refractivity contribution in [3.8, 4) is 17.2 Å². The molecule has 7 nitrogen and oxygen atoms in total. The van der Waals surface area contributed by atoms with E-state index >= 15 is 0 Å². The highest BCUT2D eigenvalue weighted by Gasteiger charge is 2.20. The van der Waals surface area contributed by atoms with Gasteiger partial charge in [0.15, 0.2) is 11.5 Å². The second kappa shape index (κ2) is 8.67. The van der Waals surface area contributed by atoms with Crippen LogP contribution in [0.3, 0.4) is 0 Å². The number of hydrogen-bond acceptors (Lipinski definition) is 5. The molecule has 33 heavy (non-hydrogen) atoms. The monoisotopic (exact) mass is 463 g/mol. The van der Waals surface area contributed by atoms with Gasteiger partial charge in [0.05, 0.1) is 16.8 Å². The number of halogens is 1. The first-order chi connectivity index (χ1) is 16.0. The Kier molecular flexibility index (Phi) is 5.56. The minimum absolute atomic E-state index is 0.0977. The molecule has 3 aromatic carbocycles. The maximum Gasteiger partial charge on any atom is 0.257 e. The summed E-state index contributed by atoms with van der Waals surface area (Å²) >= 11 is 6.11. The van der Waals surface area contributed by atoms with Crippen molar-refractivity contribution in [2.45, 2.75) is 13.0 Å². The number of nitrogens with one attached hydrogen (secondary N) is 1. The summed E-state index contributed by atoms with van der Waals surface area (Å²) in [7, 11) is 1.70. The topological polar surface area (TPSA) is 87.7 Å². The number of phenolic OH excluding ortho intramolecular Hbond substituents is 1. The summed E-state index contributed by atoms with van der Waals surface area (Å²) in [6, 6.07) is 16.4. The van der Waals surface area contributed by atoms with Crippen LogP contribution in [-0.2, 0) is 13.0 Å². The van der Waals surface area contributed by atoms with Crippen LogP contribution in [-0.4, -0.2) is 46.4 Å². The second-order valence-corrected chi connectivity index (χ2v) is 8.47. The summed E-state index contributed by atoms with van der Waals surface area (Å²) in [5.74, 6) is 0.987. The third-order valence-electron chi connectivity index (χ3n) is 5.62. The average Bonchev–Trinajstić information content (AvgIpc) is 3.19. The van der Waals surface area contributed by atoms with Crippen molar-refractivity contribution in [1.82, 2.24) is 15.1 Å². The molecule has 1 amide bonds. The van der Waals surface area contributed by atoms with E-state index in [1.807, 2.05) is 42.5 Å². The third-order valence-corrected chi connectivity index (χ3v) is 5.86. The summed E-state index contributed by atoms with van der Waals surface area (Å²) in [6.07, 6.45) is 0.548. The fourth-order valence-corrected chi connectivity index (χ4v) is 4.20. The smallest absolute Gasteiger partial charge is 0.257 e. The molecule has 0 unspecified atom stereocenters. The van der Waals surface area contributed by atoms with Gasteiger partial charge in [0, 0.05) is 36.5 Å². The largest absolute Gasteiger partial charge is 0.507 e. The fraction of sp³-hybridized carbons (Fsp3) is 0.200. The number of H-pyrrole nitrogens is 1. The highest BCUT2D eigenvalue weighted by atomic mass is 35.5. The standard InChI is InChI=1S/C25H22ClN3O4/c1-29(14-16-5-6-23-24(11-16)33-8-7-32-23)25(31)19-12-18-20(27-28-21(18)13-22(19)30)10-15-3-2-4-17(26)9-15/h2-6,9,11-13,30H,7-8,10,14H2,1H3,(H,27,28). The van der Waals surface area contributed by atoms with Crippen LogP contribution in [0, 0.1) is 0 Å². The number of nitrogens with zero attached hydrogens (tertiary/aromatic N) is 2. The zero-order valence-corrected chi connectivity index (χ0v) is 18.7. The number of carbonyl (C=O) groups is 1. The first-order valence-corrected chi connectivity index (χ1v) is 10.9. The van der Waals surface area contributed by atoms with Crippen LogP contribution in [0.15, 0.2) is 54.6 Å². The van der Waals surface area contributed by atoms with Gasteiger partial charge in [0.1, 0.15) is 19.0 Å². The lowest BCUT2D eigenvalue weighted by atomic mass is 10.0. The van der Waals surface area contributed by atoms with Crippen molar-refractivity contribution in [3.05, 3.63) is 82.0 Å². The van der Waals surface area contributed by atoms with Crippen LogP contribution in [0.5, 0.6) is 17.2 Å². The molecule has 5 rings (SSSR count). The molecule has 0 radical (unpaired) electrons. The van der Waals surface area contributed by atoms with E-state index < -0.39 is 0 Å². The van der Waals surface area contributed by atoms with Gasteiger partial charge >= 0.3 is 0 Å². The lowest BCUT2D eigenvalue weighted by Gasteiger charge is -2.21. The molecule has 0 bridgehead atoms. The molecular weight excluding hydrogens is 442 g/mol. The van der Waals surface area contributed by atoms with E-state index in [1.54, 1.807) is 18.0 Å². The van der Waals surface area contributed by atoms with Crippen molar-refractivity contribution in [2.24, 2.45) is 0 Å². The van der Waals surface area contributed by atoms with Crippen LogP contribution in [0.25, 0.3) is 10.9 Å². The van der Waals surface area contributed by atoms with Crippen molar-refractivity contribution in [3.63, 3.8) is 0 Å². The zero-order chi connectivity index (χ0) is 22.9. The highest BCUT2D eigenvalue weighted by Crippen LogP contribution is 2.32. The zero-order valence-electron chi connectivity index (χ0n) is 18.0. The van der Waals surface area contributed by atoms with E-state index in [4.69, 9.17) is 21.1 Å². The van der Waals surface area contributed by atoms with Crippen molar-refractivity contribution >= 4 is 28.4 Å². The summed E-state index contributed by atoms with van der Waals surface area (Å²) in [5.41, 5.74) is 3.57. The molecule has 0 saturated carbocycles. The molecule has 0 saturated heterocycles. The SMILES string of the molecule is CN(Cc1ccc2c(c1)OCCO2)C(=O)c1cc2c(Cc3cccc(Cl)c3)n[nH]c2cc1O. The number of aromatic hydroxyl groups is 1. The molecule has 0 atom stereocenters. The number of amides is 1. The number of hydrogen-bond donors (Lipinski definition) is 2. The maximum absolute atomic E-state index is 13.2. The number of aromatic amines is 1. The van der Waals surface area contributed by atoms with Gasteiger partial charge in [-0.1, -0.05) is 29.8 Å². The molecule has 2 heterocycles. The Bertz CT molecular complexity index is 1350. The summed E-state index contributed by atoms with van der Waals surface area (Å²) < 4.78 is 11.2. The van der Waals surface area contributed by atoms with Gasteiger partial charge < -0.3 is 19.5 Å². The van der Waals surface area contributed by atoms with Gasteiger partial charge in [-0.3, -0.25) is 9.89 Å². The fourth-order valence-electron chi connectivity index (χ4n) is 3.99. The molecule has 2 N–H and O–H groups in total. The van der Waals surface area contributed by atoms with Crippen LogP contribution in [0.1, 0.15) is 27.2 Å². The van der Waals surface area contributed by atoms with Crippen molar-refractivity contribution in [1.29, 1.82) is 0 Å². The predicted octanol–water partition coefficient (Wildman–Crippen LogP) is 4.56. The van der Waals surface area contributed by atoms with Gasteiger partial charge in [0.2, 0.25) is 0 Å². The summed E-state index contributed by atoms with van der Waals surface area (Å²) in [4.78, 5) is 14.8. The average molecular weight is 464 g/mol. The molecular formula is C25H22ClN3O4. The molecule has 0 fully saturated rings. The number of phenols is 1. The minimum atomic E-state index is -0.292. The minimum Gasteiger partial charge on any atom is -0.507 e. The highest BCUT2D eigenvalue weighted by molar-refractivity contribution is 6.30. The van der Waals surface area contributed by atoms with Crippen LogP contribution in [0.4, 0.5) is 0 Å². The maximum atomic E-state index is 13.2. The molecule has 1 aliphatic rings. The Hall–Kier alpha value is -3.71. The van der Waals surface area contributed by atoms with Crippen LogP contribution in [0.2, 0.25) is 5.02 Å². The third kappa shape index (κ3) is 4.32. The lowest BCUT2D eigenvalue weighted by Crippen LogP contribution is -2.26. The van der Waals surface area contributed by atoms with Gasteiger partial charge in [-0.2, -0.15) is 5.10 Å². The second-order valence-electron chi connectivity index (χ2n) is 8.03. The summed E-state index contributed by atoms with van der Waals surface area (Å²) in [5, 5.41) is 19.3. The number of aromatic nitrogens is 2. The van der Waals surface area contributed by atoms with Crippen LogP contribution < -0.4 is 9.47 Å². The van der Waals surface area contributed by atoms with E-state index in [-0.39, 0.29) is 17.2 Å². The Morgan fingerprint density at radius 2 is 1.91 bits per heavy atom. The number of fused-ring (bicyclic) bond motifs is 2. The van der Waals surface area contributed by atoms with Gasteiger partial charge in [0.25, 0.3) is 5.91 Å². The van der Waals surface area contributed by atoms with E-state index in [1.165, 1.54) is 6.07 Å². The van der Waals surface area contributed by atoms with Crippen LogP contribution >= 0.6 is 11.6 Å². The molecule has 0 aliphatic carbocycles. The van der Waals surface area contributed by atoms with Crippen molar-refractivity contribution in [2.75, 3.05) is 20.3 Å². The van der Waals surface area contributed by atoms with Gasteiger partial charge in [-0.15, -0.1) is 0 Å². The van der Waals surface area contributed by atoms with E-state index in [2.05, 4.69) is 10.2 Å².